The first-order chi connectivity index (χ1) is 11.0. The van der Waals surface area contributed by atoms with E-state index < -0.39 is 5.92 Å². The molecule has 23 heavy (non-hydrogen) atoms. The Hall–Kier alpha value is -2.37. The maximum absolute atomic E-state index is 12.2. The van der Waals surface area contributed by atoms with Crippen molar-refractivity contribution in [2.45, 2.75) is 32.2 Å². The number of anilines is 1. The van der Waals surface area contributed by atoms with Crippen LogP contribution in [0.2, 0.25) is 0 Å². The van der Waals surface area contributed by atoms with E-state index in [2.05, 4.69) is 10.6 Å². The minimum Gasteiger partial charge on any atom is -0.352 e. The van der Waals surface area contributed by atoms with Crippen molar-refractivity contribution in [3.8, 4) is 0 Å². The highest BCUT2D eigenvalue weighted by Crippen LogP contribution is 2.25. The minimum absolute atomic E-state index is 0.0233. The molecule has 1 aliphatic carbocycles. The number of hydrogen-bond acceptors (Lipinski definition) is 3. The summed E-state index contributed by atoms with van der Waals surface area (Å²) in [6, 6.07) is 7.94. The molecule has 1 aromatic rings. The van der Waals surface area contributed by atoms with E-state index in [0.29, 0.717) is 6.54 Å². The average Bonchev–Trinajstić information content (AvgIpc) is 3.25. The maximum atomic E-state index is 12.2. The van der Waals surface area contributed by atoms with E-state index in [4.69, 9.17) is 0 Å². The summed E-state index contributed by atoms with van der Waals surface area (Å²) in [6.07, 6.45) is 2.22. The summed E-state index contributed by atoms with van der Waals surface area (Å²) in [5.41, 5.74) is 1.93. The third-order valence-corrected chi connectivity index (χ3v) is 4.21. The summed E-state index contributed by atoms with van der Waals surface area (Å²) in [4.78, 5) is 37.5. The van der Waals surface area contributed by atoms with Gasteiger partial charge in [-0.25, -0.2) is 0 Å². The Bertz CT molecular complexity index is 622. The third kappa shape index (κ3) is 3.88. The Morgan fingerprint density at radius 2 is 1.91 bits per heavy atom. The van der Waals surface area contributed by atoms with Gasteiger partial charge in [0.05, 0.1) is 12.5 Å². The van der Waals surface area contributed by atoms with Gasteiger partial charge in [0.15, 0.2) is 0 Å². The van der Waals surface area contributed by atoms with E-state index in [-0.39, 0.29) is 36.7 Å². The highest BCUT2D eigenvalue weighted by atomic mass is 16.2. The molecule has 2 fully saturated rings. The van der Waals surface area contributed by atoms with Crippen LogP contribution >= 0.6 is 0 Å². The molecule has 6 nitrogen and oxygen atoms in total. The Morgan fingerprint density at radius 1 is 1.22 bits per heavy atom. The number of nitrogens with zero attached hydrogens (tertiary/aromatic N) is 1. The molecule has 1 atom stereocenters. The molecule has 0 spiro atoms. The summed E-state index contributed by atoms with van der Waals surface area (Å²) < 4.78 is 0. The van der Waals surface area contributed by atoms with Crippen LogP contribution in [0.4, 0.5) is 5.69 Å². The highest BCUT2D eigenvalue weighted by Gasteiger charge is 2.35. The lowest BCUT2D eigenvalue weighted by Gasteiger charge is -2.17. The zero-order valence-electron chi connectivity index (χ0n) is 13.2. The number of carbonyl (C=O) groups excluding carboxylic acids is 3. The van der Waals surface area contributed by atoms with Gasteiger partial charge in [0.2, 0.25) is 17.7 Å². The Balaban J connectivity index is 1.52. The SMILES string of the molecule is Cc1ccc(N2C[C@@H](C(=O)NCC(=O)NC3CC3)CC2=O)cc1. The summed E-state index contributed by atoms with van der Waals surface area (Å²) >= 11 is 0. The number of hydrogen-bond donors (Lipinski definition) is 2. The van der Waals surface area contributed by atoms with Crippen LogP contribution in [0.15, 0.2) is 24.3 Å². The lowest BCUT2D eigenvalue weighted by molar-refractivity contribution is -0.129. The van der Waals surface area contributed by atoms with Crippen LogP contribution in [0.25, 0.3) is 0 Å². The lowest BCUT2D eigenvalue weighted by atomic mass is 10.1. The van der Waals surface area contributed by atoms with Crippen LogP contribution in [0, 0.1) is 12.8 Å². The molecule has 0 aromatic heterocycles. The third-order valence-electron chi connectivity index (χ3n) is 4.21. The largest absolute Gasteiger partial charge is 0.352 e. The Morgan fingerprint density at radius 3 is 2.57 bits per heavy atom. The summed E-state index contributed by atoms with van der Waals surface area (Å²) in [7, 11) is 0. The molecule has 3 rings (SSSR count). The fraction of sp³-hybridized carbons (Fsp3) is 0.471. The first kappa shape index (κ1) is 15.5. The van der Waals surface area contributed by atoms with Gasteiger partial charge in [0.1, 0.15) is 0 Å². The molecule has 1 aliphatic heterocycles. The Labute approximate surface area is 135 Å². The monoisotopic (exact) mass is 315 g/mol. The first-order valence-electron chi connectivity index (χ1n) is 7.97. The number of aryl methyl sites for hydroxylation is 1. The van der Waals surface area contributed by atoms with Gasteiger partial charge >= 0.3 is 0 Å². The van der Waals surface area contributed by atoms with Crippen LogP contribution in [0.5, 0.6) is 0 Å². The molecule has 1 saturated heterocycles. The summed E-state index contributed by atoms with van der Waals surface area (Å²) in [5.74, 6) is -0.867. The average molecular weight is 315 g/mol. The number of nitrogens with one attached hydrogen (secondary N) is 2. The van der Waals surface area contributed by atoms with Gasteiger partial charge in [0.25, 0.3) is 0 Å². The van der Waals surface area contributed by atoms with E-state index >= 15 is 0 Å². The fourth-order valence-corrected chi connectivity index (χ4v) is 2.68. The maximum Gasteiger partial charge on any atom is 0.239 e. The molecular weight excluding hydrogens is 294 g/mol. The van der Waals surface area contributed by atoms with E-state index in [1.807, 2.05) is 31.2 Å². The molecule has 3 amide bonds. The van der Waals surface area contributed by atoms with Crippen molar-refractivity contribution in [3.05, 3.63) is 29.8 Å². The number of rotatable bonds is 5. The lowest BCUT2D eigenvalue weighted by Crippen LogP contribution is -2.40. The van der Waals surface area contributed by atoms with Crippen LogP contribution in [-0.4, -0.2) is 36.9 Å². The van der Waals surface area contributed by atoms with Crippen molar-refractivity contribution in [3.63, 3.8) is 0 Å². The Kier molecular flexibility index (Phi) is 4.32. The van der Waals surface area contributed by atoms with Crippen molar-refractivity contribution in [1.29, 1.82) is 0 Å². The molecule has 2 N–H and O–H groups in total. The molecule has 122 valence electrons. The van der Waals surface area contributed by atoms with Crippen LogP contribution in [0.3, 0.4) is 0 Å². The molecule has 0 radical (unpaired) electrons. The predicted molar refractivity (Wildman–Crippen MR) is 85.8 cm³/mol. The second-order valence-corrected chi connectivity index (χ2v) is 6.30. The van der Waals surface area contributed by atoms with Crippen molar-refractivity contribution in [2.24, 2.45) is 5.92 Å². The van der Waals surface area contributed by atoms with E-state index in [9.17, 15) is 14.4 Å². The van der Waals surface area contributed by atoms with Crippen LogP contribution < -0.4 is 15.5 Å². The van der Waals surface area contributed by atoms with Gasteiger partial charge in [-0.15, -0.1) is 0 Å². The normalized spacial score (nSPS) is 20.5. The quantitative estimate of drug-likeness (QED) is 0.841. The molecule has 0 unspecified atom stereocenters. The molecule has 2 aliphatic rings. The molecule has 0 bridgehead atoms. The molecule has 1 heterocycles. The van der Waals surface area contributed by atoms with Gasteiger partial charge in [-0.2, -0.15) is 0 Å². The number of amides is 3. The number of carbonyl (C=O) groups is 3. The first-order valence-corrected chi connectivity index (χ1v) is 7.97. The molecule has 1 aromatic carbocycles. The van der Waals surface area contributed by atoms with Crippen molar-refractivity contribution in [2.75, 3.05) is 18.0 Å². The van der Waals surface area contributed by atoms with Gasteiger partial charge < -0.3 is 15.5 Å². The summed E-state index contributed by atoms with van der Waals surface area (Å²) in [6.45, 7) is 2.32. The van der Waals surface area contributed by atoms with Gasteiger partial charge in [0, 0.05) is 24.7 Å². The van der Waals surface area contributed by atoms with Gasteiger partial charge in [-0.1, -0.05) is 17.7 Å². The van der Waals surface area contributed by atoms with Crippen molar-refractivity contribution < 1.29 is 14.4 Å². The zero-order valence-corrected chi connectivity index (χ0v) is 13.2. The predicted octanol–water partition coefficient (Wildman–Crippen LogP) is 0.743. The fourth-order valence-electron chi connectivity index (χ4n) is 2.68. The second-order valence-electron chi connectivity index (χ2n) is 6.30. The standard InChI is InChI=1S/C17H21N3O3/c1-11-2-6-14(7-3-11)20-10-12(8-16(20)22)17(23)18-9-15(21)19-13-4-5-13/h2-3,6-7,12-13H,4-5,8-10H2,1H3,(H,18,23)(H,19,21)/t12-/m0/s1. The van der Waals surface area contributed by atoms with Crippen molar-refractivity contribution in [1.82, 2.24) is 10.6 Å². The van der Waals surface area contributed by atoms with E-state index in [1.165, 1.54) is 0 Å². The van der Waals surface area contributed by atoms with Crippen LogP contribution in [-0.2, 0) is 14.4 Å². The van der Waals surface area contributed by atoms with Gasteiger partial charge in [-0.3, -0.25) is 14.4 Å². The molecular formula is C17H21N3O3. The van der Waals surface area contributed by atoms with E-state index in [0.717, 1.165) is 24.1 Å². The second kappa shape index (κ2) is 6.40. The molecule has 6 heteroatoms. The number of benzene rings is 1. The zero-order chi connectivity index (χ0) is 16.4. The van der Waals surface area contributed by atoms with E-state index in [1.54, 1.807) is 4.90 Å². The van der Waals surface area contributed by atoms with Gasteiger partial charge in [-0.05, 0) is 31.9 Å². The smallest absolute Gasteiger partial charge is 0.239 e. The topological polar surface area (TPSA) is 78.5 Å². The molecule has 1 saturated carbocycles. The minimum atomic E-state index is -0.405. The summed E-state index contributed by atoms with van der Waals surface area (Å²) in [5, 5.41) is 5.45. The highest BCUT2D eigenvalue weighted by molar-refractivity contribution is 6.00. The van der Waals surface area contributed by atoms with Crippen molar-refractivity contribution >= 4 is 23.4 Å². The van der Waals surface area contributed by atoms with Crippen LogP contribution in [0.1, 0.15) is 24.8 Å².